The monoisotopic (exact) mass is 375 g/mol. The van der Waals surface area contributed by atoms with E-state index in [0.717, 1.165) is 70.2 Å². The molecule has 4 rings (SSSR count). The van der Waals surface area contributed by atoms with Crippen LogP contribution in [0.4, 0.5) is 0 Å². The molecule has 1 aromatic rings. The van der Waals surface area contributed by atoms with Crippen LogP contribution in [0.3, 0.4) is 0 Å². The van der Waals surface area contributed by atoms with Crippen LogP contribution >= 0.6 is 0 Å². The lowest BCUT2D eigenvalue weighted by molar-refractivity contribution is -0.134. The van der Waals surface area contributed by atoms with Crippen molar-refractivity contribution in [1.82, 2.24) is 14.7 Å². The van der Waals surface area contributed by atoms with Gasteiger partial charge in [0.1, 0.15) is 0 Å². The summed E-state index contributed by atoms with van der Waals surface area (Å²) < 4.78 is 10.9. The summed E-state index contributed by atoms with van der Waals surface area (Å²) in [4.78, 5) is 19.0. The van der Waals surface area contributed by atoms with Gasteiger partial charge in [-0.2, -0.15) is 0 Å². The molecule has 7 heteroatoms. The van der Waals surface area contributed by atoms with Gasteiger partial charge in [-0.3, -0.25) is 14.6 Å². The first kappa shape index (κ1) is 18.5. The summed E-state index contributed by atoms with van der Waals surface area (Å²) in [6, 6.07) is 6.65. The highest BCUT2D eigenvalue weighted by Crippen LogP contribution is 2.33. The number of rotatable bonds is 5. The van der Waals surface area contributed by atoms with E-state index in [1.54, 1.807) is 0 Å². The normalized spacial score (nSPS) is 23.6. The van der Waals surface area contributed by atoms with Gasteiger partial charge < -0.3 is 19.5 Å². The molecule has 1 aromatic carbocycles. The second-order valence-corrected chi connectivity index (χ2v) is 7.61. The summed E-state index contributed by atoms with van der Waals surface area (Å²) >= 11 is 0. The summed E-state index contributed by atoms with van der Waals surface area (Å²) in [5.74, 6) is 1.77. The summed E-state index contributed by atoms with van der Waals surface area (Å²) in [5.41, 5.74) is 1.26. The van der Waals surface area contributed by atoms with Gasteiger partial charge in [0.15, 0.2) is 11.5 Å². The van der Waals surface area contributed by atoms with Crippen molar-refractivity contribution in [3.63, 3.8) is 0 Å². The Kier molecular flexibility index (Phi) is 5.80. The van der Waals surface area contributed by atoms with E-state index >= 15 is 0 Å². The molecule has 7 nitrogen and oxygen atoms in total. The van der Waals surface area contributed by atoms with Gasteiger partial charge in [-0.1, -0.05) is 6.07 Å². The van der Waals surface area contributed by atoms with Gasteiger partial charge in [-0.15, -0.1) is 0 Å². The third-order valence-electron chi connectivity index (χ3n) is 5.84. The SMILES string of the molecule is O=C(CCO)N1CCC[C@H](N2CCN(Cc3ccc4c(c3)OCO4)CC2)C1. The van der Waals surface area contributed by atoms with Gasteiger partial charge in [-0.05, 0) is 30.5 Å². The number of ether oxygens (including phenoxy) is 2. The van der Waals surface area contributed by atoms with Gasteiger partial charge in [0.05, 0.1) is 6.61 Å². The van der Waals surface area contributed by atoms with Crippen LogP contribution < -0.4 is 9.47 Å². The average molecular weight is 375 g/mol. The van der Waals surface area contributed by atoms with Crippen LogP contribution in [0.5, 0.6) is 11.5 Å². The van der Waals surface area contributed by atoms with E-state index < -0.39 is 0 Å². The van der Waals surface area contributed by atoms with Crippen molar-refractivity contribution in [3.05, 3.63) is 23.8 Å². The van der Waals surface area contributed by atoms with Gasteiger partial charge in [-0.25, -0.2) is 0 Å². The number of carbonyl (C=O) groups excluding carboxylic acids is 1. The average Bonchev–Trinajstić information content (AvgIpc) is 3.17. The molecule has 0 spiro atoms. The van der Waals surface area contributed by atoms with Crippen molar-refractivity contribution < 1.29 is 19.4 Å². The number of fused-ring (bicyclic) bond motifs is 1. The fourth-order valence-electron chi connectivity index (χ4n) is 4.32. The summed E-state index contributed by atoms with van der Waals surface area (Å²) in [7, 11) is 0. The van der Waals surface area contributed by atoms with Crippen molar-refractivity contribution in [3.8, 4) is 11.5 Å². The molecule has 0 aliphatic carbocycles. The maximum atomic E-state index is 12.1. The predicted octanol–water partition coefficient (Wildman–Crippen LogP) is 0.906. The van der Waals surface area contributed by atoms with Crippen LogP contribution in [0.1, 0.15) is 24.8 Å². The zero-order valence-corrected chi connectivity index (χ0v) is 15.8. The van der Waals surface area contributed by atoms with Crippen LogP contribution in [0, 0.1) is 0 Å². The Morgan fingerprint density at radius 2 is 1.93 bits per heavy atom. The third kappa shape index (κ3) is 4.36. The number of hydrogen-bond donors (Lipinski definition) is 1. The molecule has 0 radical (unpaired) electrons. The predicted molar refractivity (Wildman–Crippen MR) is 101 cm³/mol. The molecule has 1 amide bonds. The summed E-state index contributed by atoms with van der Waals surface area (Å²) in [6.45, 7) is 6.98. The summed E-state index contributed by atoms with van der Waals surface area (Å²) in [5, 5.41) is 9.01. The molecule has 0 aromatic heterocycles. The third-order valence-corrected chi connectivity index (χ3v) is 5.84. The van der Waals surface area contributed by atoms with Crippen molar-refractivity contribution in [2.24, 2.45) is 0 Å². The van der Waals surface area contributed by atoms with Crippen LogP contribution in [0.2, 0.25) is 0 Å². The van der Waals surface area contributed by atoms with E-state index in [1.807, 2.05) is 11.0 Å². The van der Waals surface area contributed by atoms with Crippen molar-refractivity contribution in [1.29, 1.82) is 0 Å². The number of piperazine rings is 1. The minimum absolute atomic E-state index is 0.0570. The Labute approximate surface area is 160 Å². The van der Waals surface area contributed by atoms with Crippen molar-refractivity contribution in [2.75, 3.05) is 52.7 Å². The molecule has 0 saturated carbocycles. The number of likely N-dealkylation sites (tertiary alicyclic amines) is 1. The van der Waals surface area contributed by atoms with E-state index in [4.69, 9.17) is 14.6 Å². The van der Waals surface area contributed by atoms with Crippen molar-refractivity contribution in [2.45, 2.75) is 31.8 Å². The van der Waals surface area contributed by atoms with E-state index in [9.17, 15) is 4.79 Å². The molecule has 2 fully saturated rings. The molecule has 3 aliphatic rings. The Bertz CT molecular complexity index is 661. The largest absolute Gasteiger partial charge is 0.454 e. The molecular formula is C20H29N3O4. The molecule has 0 unspecified atom stereocenters. The zero-order valence-electron chi connectivity index (χ0n) is 15.8. The first-order chi connectivity index (χ1) is 13.2. The molecule has 3 heterocycles. The second kappa shape index (κ2) is 8.46. The van der Waals surface area contributed by atoms with Crippen LogP contribution in [0.25, 0.3) is 0 Å². The standard InChI is InChI=1S/C20H29N3O4/c24-11-5-20(25)23-6-1-2-17(14-23)22-9-7-21(8-10-22)13-16-3-4-18-19(12-16)27-15-26-18/h3-4,12,17,24H,1-2,5-11,13-15H2/t17-/m0/s1. The lowest BCUT2D eigenvalue weighted by Gasteiger charge is -2.43. The number of piperidine rings is 1. The Morgan fingerprint density at radius 3 is 2.74 bits per heavy atom. The maximum absolute atomic E-state index is 12.1. The van der Waals surface area contributed by atoms with Crippen LogP contribution in [-0.2, 0) is 11.3 Å². The van der Waals surface area contributed by atoms with Gasteiger partial charge in [0, 0.05) is 58.3 Å². The highest BCUT2D eigenvalue weighted by molar-refractivity contribution is 5.76. The molecule has 27 heavy (non-hydrogen) atoms. The number of aliphatic hydroxyl groups excluding tert-OH is 1. The molecule has 0 bridgehead atoms. The van der Waals surface area contributed by atoms with Crippen LogP contribution in [-0.4, -0.2) is 84.4 Å². The lowest BCUT2D eigenvalue weighted by Crippen LogP contribution is -2.55. The molecule has 148 valence electrons. The quantitative estimate of drug-likeness (QED) is 0.825. The molecule has 1 N–H and O–H groups in total. The summed E-state index contributed by atoms with van der Waals surface area (Å²) in [6.07, 6.45) is 2.46. The smallest absolute Gasteiger partial charge is 0.231 e. The number of hydrogen-bond acceptors (Lipinski definition) is 6. The number of benzene rings is 1. The Hall–Kier alpha value is -1.83. The Morgan fingerprint density at radius 1 is 1.11 bits per heavy atom. The number of aliphatic hydroxyl groups is 1. The van der Waals surface area contributed by atoms with E-state index in [1.165, 1.54) is 5.56 Å². The molecular weight excluding hydrogens is 346 g/mol. The van der Waals surface area contributed by atoms with Gasteiger partial charge >= 0.3 is 0 Å². The van der Waals surface area contributed by atoms with Gasteiger partial charge in [0.2, 0.25) is 12.7 Å². The lowest BCUT2D eigenvalue weighted by atomic mass is 10.0. The fraction of sp³-hybridized carbons (Fsp3) is 0.650. The first-order valence-electron chi connectivity index (χ1n) is 9.96. The van der Waals surface area contributed by atoms with Crippen LogP contribution in [0.15, 0.2) is 18.2 Å². The van der Waals surface area contributed by atoms with Crippen molar-refractivity contribution >= 4 is 5.91 Å². The Balaban J connectivity index is 1.27. The minimum atomic E-state index is -0.0570. The second-order valence-electron chi connectivity index (χ2n) is 7.61. The van der Waals surface area contributed by atoms with Gasteiger partial charge in [0.25, 0.3) is 0 Å². The first-order valence-corrected chi connectivity index (χ1v) is 9.96. The number of nitrogens with zero attached hydrogens (tertiary/aromatic N) is 3. The number of carbonyl (C=O) groups is 1. The molecule has 2 saturated heterocycles. The van der Waals surface area contributed by atoms with E-state index in [0.29, 0.717) is 12.8 Å². The van der Waals surface area contributed by atoms with E-state index in [2.05, 4.69) is 21.9 Å². The highest BCUT2D eigenvalue weighted by Gasteiger charge is 2.29. The molecule has 1 atom stereocenters. The fourth-order valence-corrected chi connectivity index (χ4v) is 4.32. The minimum Gasteiger partial charge on any atom is -0.454 e. The van der Waals surface area contributed by atoms with E-state index in [-0.39, 0.29) is 18.9 Å². The topological polar surface area (TPSA) is 65.5 Å². The highest BCUT2D eigenvalue weighted by atomic mass is 16.7. The zero-order chi connectivity index (χ0) is 18.6. The molecule has 3 aliphatic heterocycles. The maximum Gasteiger partial charge on any atom is 0.231 e. The number of amides is 1.